The lowest BCUT2D eigenvalue weighted by Crippen LogP contribution is -1.93. The third kappa shape index (κ3) is 1.96. The Morgan fingerprint density at radius 2 is 1.69 bits per heavy atom. The van der Waals surface area contributed by atoms with Crippen LogP contribution in [0.4, 0.5) is 0 Å². The number of carbonyl (C=O) groups excluding carboxylic acids is 1. The molecule has 0 aromatic heterocycles. The molecule has 2 heteroatoms. The molecule has 2 aromatic carbocycles. The van der Waals surface area contributed by atoms with Crippen molar-refractivity contribution in [3.05, 3.63) is 54.1 Å². The first-order valence-electron chi connectivity index (χ1n) is 5.08. The van der Waals surface area contributed by atoms with E-state index in [0.717, 1.165) is 11.1 Å². The number of phenols is 1. The molecule has 0 spiro atoms. The SMILES string of the molecule is CC(=O)c1cc(-c2ccccc2)ccc1O. The van der Waals surface area contributed by atoms with Gasteiger partial charge in [0.15, 0.2) is 5.78 Å². The quantitative estimate of drug-likeness (QED) is 0.776. The predicted octanol–water partition coefficient (Wildman–Crippen LogP) is 3.26. The van der Waals surface area contributed by atoms with E-state index in [9.17, 15) is 9.90 Å². The van der Waals surface area contributed by atoms with Gasteiger partial charge >= 0.3 is 0 Å². The highest BCUT2D eigenvalue weighted by atomic mass is 16.3. The summed E-state index contributed by atoms with van der Waals surface area (Å²) in [4.78, 5) is 11.3. The summed E-state index contributed by atoms with van der Waals surface area (Å²) in [6.45, 7) is 1.45. The molecule has 0 amide bonds. The Morgan fingerprint density at radius 1 is 1.00 bits per heavy atom. The summed E-state index contributed by atoms with van der Waals surface area (Å²) in [5, 5.41) is 9.53. The molecule has 16 heavy (non-hydrogen) atoms. The first-order chi connectivity index (χ1) is 7.68. The normalized spacial score (nSPS) is 10.1. The molecular weight excluding hydrogens is 200 g/mol. The summed E-state index contributed by atoms with van der Waals surface area (Å²) in [6.07, 6.45) is 0. The van der Waals surface area contributed by atoms with Crippen LogP contribution in [0.25, 0.3) is 11.1 Å². The summed E-state index contributed by atoms with van der Waals surface area (Å²) in [7, 11) is 0. The number of rotatable bonds is 2. The van der Waals surface area contributed by atoms with Crippen LogP contribution in [0.5, 0.6) is 5.75 Å². The van der Waals surface area contributed by atoms with Gasteiger partial charge < -0.3 is 5.11 Å². The van der Waals surface area contributed by atoms with E-state index in [1.165, 1.54) is 6.92 Å². The van der Waals surface area contributed by atoms with Crippen molar-refractivity contribution >= 4 is 5.78 Å². The van der Waals surface area contributed by atoms with Crippen molar-refractivity contribution in [1.82, 2.24) is 0 Å². The lowest BCUT2D eigenvalue weighted by atomic mass is 10.0. The van der Waals surface area contributed by atoms with Crippen molar-refractivity contribution in [2.45, 2.75) is 6.92 Å². The Balaban J connectivity index is 2.52. The zero-order valence-corrected chi connectivity index (χ0v) is 8.97. The summed E-state index contributed by atoms with van der Waals surface area (Å²) in [5.41, 5.74) is 2.33. The van der Waals surface area contributed by atoms with Gasteiger partial charge in [0.25, 0.3) is 0 Å². The fraction of sp³-hybridized carbons (Fsp3) is 0.0714. The van der Waals surface area contributed by atoms with Crippen LogP contribution in [-0.4, -0.2) is 10.9 Å². The van der Waals surface area contributed by atoms with E-state index in [2.05, 4.69) is 0 Å². The summed E-state index contributed by atoms with van der Waals surface area (Å²) >= 11 is 0. The molecule has 0 aliphatic rings. The second kappa shape index (κ2) is 4.19. The number of phenolic OH excluding ortho intramolecular Hbond substituents is 1. The maximum absolute atomic E-state index is 11.3. The fourth-order valence-corrected chi connectivity index (χ4v) is 1.63. The van der Waals surface area contributed by atoms with E-state index >= 15 is 0 Å². The monoisotopic (exact) mass is 212 g/mol. The molecular formula is C14H12O2. The highest BCUT2D eigenvalue weighted by Crippen LogP contribution is 2.25. The Morgan fingerprint density at radius 3 is 2.31 bits per heavy atom. The molecule has 0 heterocycles. The molecule has 0 unspecified atom stereocenters. The van der Waals surface area contributed by atoms with Crippen molar-refractivity contribution in [2.24, 2.45) is 0 Å². The molecule has 80 valence electrons. The van der Waals surface area contributed by atoms with Crippen LogP contribution in [0.15, 0.2) is 48.5 Å². The maximum atomic E-state index is 11.3. The van der Waals surface area contributed by atoms with Gasteiger partial charge in [-0.1, -0.05) is 36.4 Å². The smallest absolute Gasteiger partial charge is 0.163 e. The van der Waals surface area contributed by atoms with Gasteiger partial charge in [-0.15, -0.1) is 0 Å². The molecule has 0 fully saturated rings. The van der Waals surface area contributed by atoms with Crippen molar-refractivity contribution < 1.29 is 9.90 Å². The average Bonchev–Trinajstić information content (AvgIpc) is 2.30. The molecule has 0 saturated carbocycles. The molecule has 0 aliphatic heterocycles. The van der Waals surface area contributed by atoms with E-state index in [0.29, 0.717) is 5.56 Å². The van der Waals surface area contributed by atoms with Gasteiger partial charge in [-0.25, -0.2) is 0 Å². The molecule has 0 saturated heterocycles. The minimum Gasteiger partial charge on any atom is -0.507 e. The molecule has 2 nitrogen and oxygen atoms in total. The van der Waals surface area contributed by atoms with Crippen LogP contribution in [-0.2, 0) is 0 Å². The minimum atomic E-state index is -0.129. The molecule has 2 aromatic rings. The van der Waals surface area contributed by atoms with Crippen LogP contribution >= 0.6 is 0 Å². The number of ketones is 1. The van der Waals surface area contributed by atoms with Gasteiger partial charge in [0.05, 0.1) is 5.56 Å². The number of Topliss-reactive ketones (excluding diaryl/α,β-unsaturated/α-hetero) is 1. The predicted molar refractivity (Wildman–Crippen MR) is 63.5 cm³/mol. The minimum absolute atomic E-state index is 0.0344. The van der Waals surface area contributed by atoms with Crippen LogP contribution in [0.3, 0.4) is 0 Å². The molecule has 2 rings (SSSR count). The van der Waals surface area contributed by atoms with Crippen molar-refractivity contribution in [3.63, 3.8) is 0 Å². The molecule has 0 bridgehead atoms. The summed E-state index contributed by atoms with van der Waals surface area (Å²) < 4.78 is 0. The largest absolute Gasteiger partial charge is 0.507 e. The van der Waals surface area contributed by atoms with E-state index in [-0.39, 0.29) is 11.5 Å². The second-order valence-corrected chi connectivity index (χ2v) is 3.65. The van der Waals surface area contributed by atoms with Crippen molar-refractivity contribution in [2.75, 3.05) is 0 Å². The van der Waals surface area contributed by atoms with Crippen molar-refractivity contribution in [1.29, 1.82) is 0 Å². The van der Waals surface area contributed by atoms with Crippen molar-refractivity contribution in [3.8, 4) is 16.9 Å². The fourth-order valence-electron chi connectivity index (χ4n) is 1.63. The molecule has 1 N–H and O–H groups in total. The summed E-state index contributed by atoms with van der Waals surface area (Å²) in [5.74, 6) is -0.0949. The third-order valence-electron chi connectivity index (χ3n) is 2.48. The van der Waals surface area contributed by atoms with Gasteiger partial charge in [0.1, 0.15) is 5.75 Å². The highest BCUT2D eigenvalue weighted by Gasteiger charge is 2.07. The lowest BCUT2D eigenvalue weighted by molar-refractivity contribution is 0.101. The lowest BCUT2D eigenvalue weighted by Gasteiger charge is -2.05. The Kier molecular flexibility index (Phi) is 2.73. The Hall–Kier alpha value is -2.09. The number of aromatic hydroxyl groups is 1. The van der Waals surface area contributed by atoms with E-state index < -0.39 is 0 Å². The van der Waals surface area contributed by atoms with Crippen LogP contribution in [0, 0.1) is 0 Å². The average molecular weight is 212 g/mol. The van der Waals surface area contributed by atoms with E-state index in [1.54, 1.807) is 18.2 Å². The maximum Gasteiger partial charge on any atom is 0.163 e. The van der Waals surface area contributed by atoms with Gasteiger partial charge in [0.2, 0.25) is 0 Å². The topological polar surface area (TPSA) is 37.3 Å². The van der Waals surface area contributed by atoms with Gasteiger partial charge in [-0.3, -0.25) is 4.79 Å². The zero-order chi connectivity index (χ0) is 11.5. The van der Waals surface area contributed by atoms with E-state index in [1.807, 2.05) is 30.3 Å². The molecule has 0 radical (unpaired) electrons. The summed E-state index contributed by atoms with van der Waals surface area (Å²) in [6, 6.07) is 14.8. The van der Waals surface area contributed by atoms with Gasteiger partial charge in [0, 0.05) is 0 Å². The number of carbonyl (C=O) groups is 1. The Labute approximate surface area is 94.2 Å². The van der Waals surface area contributed by atoms with Crippen LogP contribution in [0.1, 0.15) is 17.3 Å². The number of hydrogen-bond donors (Lipinski definition) is 1. The van der Waals surface area contributed by atoms with Crippen LogP contribution < -0.4 is 0 Å². The van der Waals surface area contributed by atoms with Gasteiger partial charge in [-0.05, 0) is 30.2 Å². The standard InChI is InChI=1S/C14H12O2/c1-10(15)13-9-12(7-8-14(13)16)11-5-3-2-4-6-11/h2-9,16H,1H3. The first-order valence-corrected chi connectivity index (χ1v) is 5.08. The number of benzene rings is 2. The second-order valence-electron chi connectivity index (χ2n) is 3.65. The van der Waals surface area contributed by atoms with E-state index in [4.69, 9.17) is 0 Å². The molecule has 0 aliphatic carbocycles. The van der Waals surface area contributed by atoms with Gasteiger partial charge in [-0.2, -0.15) is 0 Å². The number of hydrogen-bond acceptors (Lipinski definition) is 2. The third-order valence-corrected chi connectivity index (χ3v) is 2.48. The first kappa shape index (κ1) is 10.4. The molecule has 0 atom stereocenters. The Bertz CT molecular complexity index is 516. The highest BCUT2D eigenvalue weighted by molar-refractivity contribution is 5.98. The van der Waals surface area contributed by atoms with Crippen LogP contribution in [0.2, 0.25) is 0 Å². The zero-order valence-electron chi connectivity index (χ0n) is 8.97.